The molecule has 0 aromatic carbocycles. The lowest BCUT2D eigenvalue weighted by Crippen LogP contribution is -2.27. The van der Waals surface area contributed by atoms with Gasteiger partial charge < -0.3 is 10.2 Å². The van der Waals surface area contributed by atoms with Crippen LogP contribution in [0.4, 0.5) is 5.82 Å². The normalized spacial score (nSPS) is 24.3. The van der Waals surface area contributed by atoms with Crippen LogP contribution in [0.25, 0.3) is 6.08 Å². The number of aromatic nitrogens is 3. The van der Waals surface area contributed by atoms with Crippen LogP contribution < -0.4 is 10.2 Å². The van der Waals surface area contributed by atoms with Crippen LogP contribution in [-0.4, -0.2) is 40.5 Å². The van der Waals surface area contributed by atoms with Gasteiger partial charge in [0.1, 0.15) is 12.1 Å². The molecule has 1 aliphatic heterocycles. The van der Waals surface area contributed by atoms with Crippen LogP contribution in [0.15, 0.2) is 49.2 Å². The number of rotatable bonds is 6. The molecule has 1 N–H and O–H groups in total. The van der Waals surface area contributed by atoms with E-state index in [0.29, 0.717) is 0 Å². The van der Waals surface area contributed by atoms with Crippen molar-refractivity contribution in [2.45, 2.75) is 6.42 Å². The lowest BCUT2D eigenvalue weighted by atomic mass is 10.2. The Kier molecular flexibility index (Phi) is 4.41. The smallest absolute Gasteiger partial charge is 0.244 e. The summed E-state index contributed by atoms with van der Waals surface area (Å²) in [5, 5.41) is 2.98. The average molecular weight is 335 g/mol. The van der Waals surface area contributed by atoms with Gasteiger partial charge in [-0.2, -0.15) is 0 Å². The van der Waals surface area contributed by atoms with E-state index < -0.39 is 0 Å². The number of fused-ring (bicyclic) bond motifs is 1. The maximum absolute atomic E-state index is 11.9. The van der Waals surface area contributed by atoms with E-state index in [1.165, 1.54) is 0 Å². The first-order valence-electron chi connectivity index (χ1n) is 8.68. The molecule has 2 unspecified atom stereocenters. The molecule has 2 aliphatic rings. The summed E-state index contributed by atoms with van der Waals surface area (Å²) in [5.74, 6) is 3.21. The fourth-order valence-corrected chi connectivity index (χ4v) is 3.80. The fourth-order valence-electron chi connectivity index (χ4n) is 3.80. The molecule has 1 saturated carbocycles. The zero-order chi connectivity index (χ0) is 17.1. The first kappa shape index (κ1) is 15.7. The Morgan fingerprint density at radius 2 is 2.12 bits per heavy atom. The molecule has 1 aliphatic carbocycles. The molecule has 3 heterocycles. The molecule has 128 valence electrons. The molecular weight excluding hydrogens is 314 g/mol. The van der Waals surface area contributed by atoms with Crippen molar-refractivity contribution in [3.63, 3.8) is 0 Å². The van der Waals surface area contributed by atoms with Crippen LogP contribution in [0.1, 0.15) is 12.0 Å². The summed E-state index contributed by atoms with van der Waals surface area (Å²) in [6.45, 7) is 2.88. The van der Waals surface area contributed by atoms with Crippen LogP contribution in [0, 0.1) is 17.8 Å². The summed E-state index contributed by atoms with van der Waals surface area (Å²) in [6.07, 6.45) is 11.3. The standard InChI is InChI=1S/C19H21N5O/c25-19(4-3-14-2-1-7-20-10-14)22-9-5-15-16-11-24(12-17(15)16)18-6-8-21-13-23-18/h1-4,6-8,10,13,15-17H,5,9,11-12H2,(H,22,25)/b4-3+. The molecule has 1 saturated heterocycles. The second-order valence-electron chi connectivity index (χ2n) is 6.66. The number of hydrogen-bond donors (Lipinski definition) is 1. The third kappa shape index (κ3) is 3.68. The molecule has 25 heavy (non-hydrogen) atoms. The van der Waals surface area contributed by atoms with Crippen molar-refractivity contribution >= 4 is 17.8 Å². The van der Waals surface area contributed by atoms with Crippen LogP contribution in [0.2, 0.25) is 0 Å². The van der Waals surface area contributed by atoms with Gasteiger partial charge >= 0.3 is 0 Å². The van der Waals surface area contributed by atoms with Gasteiger partial charge in [-0.15, -0.1) is 0 Å². The monoisotopic (exact) mass is 335 g/mol. The summed E-state index contributed by atoms with van der Waals surface area (Å²) in [7, 11) is 0. The Bertz CT molecular complexity index is 737. The van der Waals surface area contributed by atoms with E-state index in [9.17, 15) is 4.79 Å². The molecule has 2 aromatic rings. The van der Waals surface area contributed by atoms with E-state index in [0.717, 1.165) is 55.2 Å². The Morgan fingerprint density at radius 3 is 2.84 bits per heavy atom. The van der Waals surface area contributed by atoms with Crippen LogP contribution in [0.3, 0.4) is 0 Å². The Morgan fingerprint density at radius 1 is 1.24 bits per heavy atom. The van der Waals surface area contributed by atoms with Gasteiger partial charge in [0.05, 0.1) is 0 Å². The summed E-state index contributed by atoms with van der Waals surface area (Å²) < 4.78 is 0. The topological polar surface area (TPSA) is 71.0 Å². The number of anilines is 1. The van der Waals surface area contributed by atoms with E-state index in [1.807, 2.05) is 18.2 Å². The van der Waals surface area contributed by atoms with E-state index in [-0.39, 0.29) is 5.91 Å². The first-order valence-corrected chi connectivity index (χ1v) is 8.68. The predicted molar refractivity (Wildman–Crippen MR) is 95.6 cm³/mol. The maximum atomic E-state index is 11.9. The number of nitrogens with one attached hydrogen (secondary N) is 1. The first-order chi connectivity index (χ1) is 12.3. The van der Waals surface area contributed by atoms with Crippen molar-refractivity contribution in [1.82, 2.24) is 20.3 Å². The minimum atomic E-state index is -0.0442. The van der Waals surface area contributed by atoms with E-state index >= 15 is 0 Å². The summed E-state index contributed by atoms with van der Waals surface area (Å²) in [5.41, 5.74) is 0.930. The second kappa shape index (κ2) is 7.01. The molecule has 4 rings (SSSR count). The van der Waals surface area contributed by atoms with E-state index in [2.05, 4.69) is 25.2 Å². The SMILES string of the molecule is O=C(/C=C/c1cccnc1)NCCC1C2CN(c3ccncn3)CC12. The molecule has 0 radical (unpaired) electrons. The molecule has 1 amide bonds. The zero-order valence-electron chi connectivity index (χ0n) is 14.0. The number of carbonyl (C=O) groups is 1. The van der Waals surface area contributed by atoms with Crippen molar-refractivity contribution in [1.29, 1.82) is 0 Å². The minimum absolute atomic E-state index is 0.0442. The van der Waals surface area contributed by atoms with Gasteiger partial charge in [-0.25, -0.2) is 9.97 Å². The molecule has 2 aromatic heterocycles. The molecule has 2 fully saturated rings. The summed E-state index contributed by atoms with van der Waals surface area (Å²) in [6, 6.07) is 5.74. The molecule has 6 heteroatoms. The van der Waals surface area contributed by atoms with Crippen molar-refractivity contribution in [3.8, 4) is 0 Å². The molecule has 2 atom stereocenters. The number of piperidine rings is 1. The minimum Gasteiger partial charge on any atom is -0.356 e. The fraction of sp³-hybridized carbons (Fsp3) is 0.368. The Labute approximate surface area is 147 Å². The van der Waals surface area contributed by atoms with Crippen LogP contribution in [0.5, 0.6) is 0 Å². The predicted octanol–water partition coefficient (Wildman–Crippen LogP) is 1.77. The molecule has 0 bridgehead atoms. The molecular formula is C19H21N5O. The van der Waals surface area contributed by atoms with Crippen molar-refractivity contribution in [3.05, 3.63) is 54.8 Å². The highest BCUT2D eigenvalue weighted by Crippen LogP contribution is 2.53. The summed E-state index contributed by atoms with van der Waals surface area (Å²) >= 11 is 0. The number of carbonyl (C=O) groups excluding carboxylic acids is 1. The zero-order valence-corrected chi connectivity index (χ0v) is 14.0. The Hall–Kier alpha value is -2.76. The highest BCUT2D eigenvalue weighted by molar-refractivity contribution is 5.91. The van der Waals surface area contributed by atoms with Gasteiger partial charge in [0.15, 0.2) is 0 Å². The highest BCUT2D eigenvalue weighted by atomic mass is 16.1. The number of nitrogens with zero attached hydrogens (tertiary/aromatic N) is 4. The van der Waals surface area contributed by atoms with Crippen molar-refractivity contribution < 1.29 is 4.79 Å². The highest BCUT2D eigenvalue weighted by Gasteiger charge is 2.55. The quantitative estimate of drug-likeness (QED) is 0.815. The average Bonchev–Trinajstić information content (AvgIpc) is 3.11. The van der Waals surface area contributed by atoms with Gasteiger partial charge in [-0.05, 0) is 47.9 Å². The maximum Gasteiger partial charge on any atom is 0.244 e. The van der Waals surface area contributed by atoms with Gasteiger partial charge in [-0.3, -0.25) is 9.78 Å². The Balaban J connectivity index is 1.17. The third-order valence-electron chi connectivity index (χ3n) is 5.15. The summed E-state index contributed by atoms with van der Waals surface area (Å²) in [4.78, 5) is 26.5. The van der Waals surface area contributed by atoms with Crippen LogP contribution >= 0.6 is 0 Å². The van der Waals surface area contributed by atoms with Gasteiger partial charge in [0, 0.05) is 44.3 Å². The largest absolute Gasteiger partial charge is 0.356 e. The van der Waals surface area contributed by atoms with E-state index in [4.69, 9.17) is 0 Å². The second-order valence-corrected chi connectivity index (χ2v) is 6.66. The lowest BCUT2D eigenvalue weighted by molar-refractivity contribution is -0.116. The number of amides is 1. The van der Waals surface area contributed by atoms with Gasteiger partial charge in [-0.1, -0.05) is 6.07 Å². The number of hydrogen-bond acceptors (Lipinski definition) is 5. The number of pyridine rings is 1. The van der Waals surface area contributed by atoms with Crippen molar-refractivity contribution in [2.24, 2.45) is 17.8 Å². The van der Waals surface area contributed by atoms with Gasteiger partial charge in [0.25, 0.3) is 0 Å². The van der Waals surface area contributed by atoms with Gasteiger partial charge in [0.2, 0.25) is 5.91 Å². The van der Waals surface area contributed by atoms with E-state index in [1.54, 1.807) is 37.1 Å². The van der Waals surface area contributed by atoms with Crippen molar-refractivity contribution in [2.75, 3.05) is 24.5 Å². The molecule has 6 nitrogen and oxygen atoms in total. The van der Waals surface area contributed by atoms with Crippen LogP contribution in [-0.2, 0) is 4.79 Å². The lowest BCUT2D eigenvalue weighted by Gasteiger charge is -2.20. The molecule has 0 spiro atoms. The third-order valence-corrected chi connectivity index (χ3v) is 5.15.